The standard InChI is InChI=1S/C35H46F2N2O4/c1-31-8-5-24(41)20-33(31)11-12-35(25(21-33)30(42)23-3-4-26(36)27(37)19-23)28(31)6-9-32(2)29(35)7-10-34(32,43)22-39-15-13-38(14-16-39)17-18-40/h3-4,11-12,19,21,24,28-29,40-41,43H,5-10,13-18,20,22H2,1-2H3. The number of halogens is 2. The first-order chi connectivity index (χ1) is 20.4. The zero-order valence-electron chi connectivity index (χ0n) is 25.5. The van der Waals surface area contributed by atoms with Crippen LogP contribution in [0.5, 0.6) is 0 Å². The van der Waals surface area contributed by atoms with Gasteiger partial charge in [-0.05, 0) is 80.4 Å². The van der Waals surface area contributed by atoms with E-state index >= 15 is 0 Å². The summed E-state index contributed by atoms with van der Waals surface area (Å²) >= 11 is 0. The molecule has 8 heteroatoms. The Labute approximate surface area is 253 Å². The maximum Gasteiger partial charge on any atom is 0.189 e. The first-order valence-electron chi connectivity index (χ1n) is 16.3. The third-order valence-electron chi connectivity index (χ3n) is 13.5. The van der Waals surface area contributed by atoms with E-state index in [0.29, 0.717) is 31.5 Å². The van der Waals surface area contributed by atoms with Gasteiger partial charge in [0.1, 0.15) is 0 Å². The summed E-state index contributed by atoms with van der Waals surface area (Å²) in [5.74, 6) is -2.12. The number of allylic oxidation sites excluding steroid dienone is 4. The highest BCUT2D eigenvalue weighted by Crippen LogP contribution is 2.78. The number of benzene rings is 1. The molecule has 4 fully saturated rings. The lowest BCUT2D eigenvalue weighted by molar-refractivity contribution is -0.177. The van der Waals surface area contributed by atoms with Crippen molar-refractivity contribution < 1.29 is 28.9 Å². The van der Waals surface area contributed by atoms with Crippen LogP contribution in [-0.2, 0) is 0 Å². The predicted octanol–water partition coefficient (Wildman–Crippen LogP) is 4.35. The molecule has 2 spiro atoms. The van der Waals surface area contributed by atoms with Crippen molar-refractivity contribution in [2.24, 2.45) is 33.5 Å². The van der Waals surface area contributed by atoms with E-state index in [1.54, 1.807) is 0 Å². The Bertz CT molecular complexity index is 1380. The van der Waals surface area contributed by atoms with Crippen LogP contribution in [0, 0.1) is 45.1 Å². The van der Waals surface area contributed by atoms with Crippen LogP contribution in [0.2, 0.25) is 0 Å². The Balaban J connectivity index is 1.29. The molecule has 234 valence electrons. The van der Waals surface area contributed by atoms with Crippen LogP contribution in [0.4, 0.5) is 8.78 Å². The number of carbonyl (C=O) groups excluding carboxylic acids is 1. The highest BCUT2D eigenvalue weighted by molar-refractivity contribution is 6.10. The Morgan fingerprint density at radius 3 is 2.33 bits per heavy atom. The molecule has 1 saturated heterocycles. The lowest BCUT2D eigenvalue weighted by atomic mass is 9.32. The van der Waals surface area contributed by atoms with Gasteiger partial charge in [-0.15, -0.1) is 0 Å². The van der Waals surface area contributed by atoms with Gasteiger partial charge in [0.15, 0.2) is 17.4 Å². The number of carbonyl (C=O) groups is 1. The highest BCUT2D eigenvalue weighted by Gasteiger charge is 2.74. The summed E-state index contributed by atoms with van der Waals surface area (Å²) in [5.41, 5.74) is -1.81. The van der Waals surface area contributed by atoms with Crippen molar-refractivity contribution in [1.82, 2.24) is 9.80 Å². The smallest absolute Gasteiger partial charge is 0.189 e. The van der Waals surface area contributed by atoms with E-state index in [9.17, 15) is 28.9 Å². The van der Waals surface area contributed by atoms with Gasteiger partial charge in [0.25, 0.3) is 0 Å². The minimum atomic E-state index is -1.03. The Morgan fingerprint density at radius 1 is 0.930 bits per heavy atom. The molecule has 3 saturated carbocycles. The summed E-state index contributed by atoms with van der Waals surface area (Å²) in [6, 6.07) is 3.43. The summed E-state index contributed by atoms with van der Waals surface area (Å²) in [7, 11) is 0. The SMILES string of the molecule is CC12CCC(O)CC13C=CC1(C(C(=O)c4ccc(F)c(F)c4)=C3)C2CCC2(C)C1CCC2(O)CN1CCN(CCO)CC1. The minimum Gasteiger partial charge on any atom is -0.395 e. The van der Waals surface area contributed by atoms with Gasteiger partial charge in [-0.25, -0.2) is 8.78 Å². The number of Topliss-reactive ketones (excluding diaryl/α,β-unsaturated/α-hetero) is 1. The second-order valence-corrected chi connectivity index (χ2v) is 15.1. The molecular formula is C35H46F2N2O4. The largest absolute Gasteiger partial charge is 0.395 e. The van der Waals surface area contributed by atoms with Crippen molar-refractivity contribution in [1.29, 1.82) is 0 Å². The maximum atomic E-state index is 14.5. The summed E-state index contributed by atoms with van der Waals surface area (Å²) in [4.78, 5) is 19.1. The van der Waals surface area contributed by atoms with E-state index in [1.807, 2.05) is 0 Å². The molecule has 2 bridgehead atoms. The number of piperazine rings is 1. The van der Waals surface area contributed by atoms with E-state index < -0.39 is 39.6 Å². The van der Waals surface area contributed by atoms with Crippen LogP contribution in [0.1, 0.15) is 69.2 Å². The number of ketones is 1. The molecule has 0 amide bonds. The lowest BCUT2D eigenvalue weighted by Crippen LogP contribution is -2.67. The zero-order valence-corrected chi connectivity index (χ0v) is 25.5. The van der Waals surface area contributed by atoms with Crippen LogP contribution in [0.15, 0.2) is 42.0 Å². The van der Waals surface area contributed by atoms with Crippen molar-refractivity contribution in [3.63, 3.8) is 0 Å². The van der Waals surface area contributed by atoms with Gasteiger partial charge in [-0.1, -0.05) is 32.1 Å². The number of hydrogen-bond donors (Lipinski definition) is 3. The summed E-state index contributed by atoms with van der Waals surface area (Å²) in [5, 5.41) is 32.8. The van der Waals surface area contributed by atoms with Crippen molar-refractivity contribution >= 4 is 5.78 Å². The zero-order chi connectivity index (χ0) is 30.4. The Kier molecular flexibility index (Phi) is 6.92. The molecular weight excluding hydrogens is 550 g/mol. The van der Waals surface area contributed by atoms with Crippen LogP contribution in [-0.4, -0.2) is 88.5 Å². The fourth-order valence-corrected chi connectivity index (χ4v) is 11.1. The van der Waals surface area contributed by atoms with Crippen molar-refractivity contribution in [2.75, 3.05) is 45.9 Å². The summed E-state index contributed by atoms with van der Waals surface area (Å²) in [6.07, 6.45) is 11.5. The molecule has 43 heavy (non-hydrogen) atoms. The second kappa shape index (κ2) is 10.0. The van der Waals surface area contributed by atoms with Crippen LogP contribution >= 0.6 is 0 Å². The van der Waals surface area contributed by atoms with Crippen molar-refractivity contribution in [2.45, 2.75) is 70.5 Å². The molecule has 1 aliphatic heterocycles. The third kappa shape index (κ3) is 4.02. The Hall–Kier alpha value is -1.97. The van der Waals surface area contributed by atoms with E-state index in [0.717, 1.165) is 70.4 Å². The topological polar surface area (TPSA) is 84.2 Å². The summed E-state index contributed by atoms with van der Waals surface area (Å²) in [6.45, 7) is 9.41. The predicted molar refractivity (Wildman–Crippen MR) is 159 cm³/mol. The number of aliphatic hydroxyl groups excluding tert-OH is 2. The molecule has 1 heterocycles. The first-order valence-corrected chi connectivity index (χ1v) is 16.3. The van der Waals surface area contributed by atoms with Gasteiger partial charge in [0, 0.05) is 66.7 Å². The van der Waals surface area contributed by atoms with E-state index in [2.05, 4.69) is 41.9 Å². The maximum absolute atomic E-state index is 14.5. The number of rotatable bonds is 6. The average molecular weight is 597 g/mol. The molecule has 6 aliphatic carbocycles. The van der Waals surface area contributed by atoms with Gasteiger partial charge in [-0.2, -0.15) is 0 Å². The molecule has 0 aromatic heterocycles. The number of hydrogen-bond acceptors (Lipinski definition) is 6. The van der Waals surface area contributed by atoms with Gasteiger partial charge in [-0.3, -0.25) is 14.6 Å². The molecule has 1 aromatic rings. The van der Waals surface area contributed by atoms with Crippen LogP contribution in [0.3, 0.4) is 0 Å². The van der Waals surface area contributed by atoms with E-state index in [1.165, 1.54) is 6.07 Å². The molecule has 7 aliphatic rings. The third-order valence-corrected chi connectivity index (χ3v) is 13.5. The van der Waals surface area contributed by atoms with Crippen molar-refractivity contribution in [3.05, 3.63) is 59.2 Å². The monoisotopic (exact) mass is 596 g/mol. The molecule has 1 aromatic carbocycles. The fraction of sp³-hybridized carbons (Fsp3) is 0.686. The summed E-state index contributed by atoms with van der Waals surface area (Å²) < 4.78 is 28.3. The average Bonchev–Trinajstić information content (AvgIpc) is 3.25. The van der Waals surface area contributed by atoms with E-state index in [4.69, 9.17) is 0 Å². The van der Waals surface area contributed by atoms with Gasteiger partial charge < -0.3 is 15.3 Å². The number of β-amino-alcohol motifs (C(OH)–C–C–N with tert-alkyl or cyclic N) is 2. The van der Waals surface area contributed by atoms with Crippen LogP contribution in [0.25, 0.3) is 0 Å². The quantitative estimate of drug-likeness (QED) is 0.335. The fourth-order valence-electron chi connectivity index (χ4n) is 11.1. The Morgan fingerprint density at radius 2 is 1.60 bits per heavy atom. The molecule has 8 unspecified atom stereocenters. The second-order valence-electron chi connectivity index (χ2n) is 15.1. The number of aliphatic hydroxyl groups is 3. The normalized spacial score (nSPS) is 44.1. The van der Waals surface area contributed by atoms with Crippen LogP contribution < -0.4 is 0 Å². The van der Waals surface area contributed by atoms with Crippen molar-refractivity contribution in [3.8, 4) is 0 Å². The molecule has 6 nitrogen and oxygen atoms in total. The number of fused-ring (bicyclic) bond motifs is 1. The number of nitrogens with zero attached hydrogens (tertiary/aromatic N) is 2. The minimum absolute atomic E-state index is 0.0122. The van der Waals surface area contributed by atoms with Gasteiger partial charge in [0.05, 0.1) is 18.3 Å². The lowest BCUT2D eigenvalue weighted by Gasteiger charge is -2.71. The van der Waals surface area contributed by atoms with Gasteiger partial charge in [0.2, 0.25) is 0 Å². The first kappa shape index (κ1) is 29.7. The molecule has 8 atom stereocenters. The molecule has 3 N–H and O–H groups in total. The highest BCUT2D eigenvalue weighted by atomic mass is 19.2. The molecule has 8 rings (SSSR count). The van der Waals surface area contributed by atoms with E-state index in [-0.39, 0.29) is 35.2 Å². The van der Waals surface area contributed by atoms with Gasteiger partial charge >= 0.3 is 0 Å². The molecule has 0 radical (unpaired) electrons.